The molecule has 0 atom stereocenters. The second-order valence-corrected chi connectivity index (χ2v) is 6.58. The number of nitrogens with zero attached hydrogens (tertiary/aromatic N) is 3. The molecule has 1 saturated carbocycles. The lowest BCUT2D eigenvalue weighted by Gasteiger charge is -2.29. The smallest absolute Gasteiger partial charge is 0.328 e. The Labute approximate surface area is 160 Å². The first kappa shape index (κ1) is 19.6. The molecule has 0 aromatic carbocycles. The maximum atomic E-state index is 12.2. The van der Waals surface area contributed by atoms with Crippen molar-refractivity contribution in [3.05, 3.63) is 45.5 Å². The molecule has 3 rings (SSSR count). The monoisotopic (exact) mass is 389 g/mol. The molecule has 0 radical (unpaired) electrons. The molecule has 0 saturated heterocycles. The van der Waals surface area contributed by atoms with Crippen molar-refractivity contribution < 1.29 is 14.3 Å². The summed E-state index contributed by atoms with van der Waals surface area (Å²) in [6, 6.07) is 1.33. The second-order valence-electron chi connectivity index (χ2n) is 6.58. The lowest BCUT2D eigenvalue weighted by molar-refractivity contribution is -0.122. The van der Waals surface area contributed by atoms with E-state index in [1.54, 1.807) is 12.4 Å². The highest BCUT2D eigenvalue weighted by Crippen LogP contribution is 2.27. The van der Waals surface area contributed by atoms with E-state index in [9.17, 15) is 14.4 Å². The fraction of sp³-hybridized carbons (Fsp3) is 0.500. The van der Waals surface area contributed by atoms with Gasteiger partial charge in [0.1, 0.15) is 6.10 Å². The summed E-state index contributed by atoms with van der Waals surface area (Å²) in [5.41, 5.74) is -0.971. The van der Waals surface area contributed by atoms with Crippen molar-refractivity contribution in [1.82, 2.24) is 24.8 Å². The molecule has 10 heteroatoms. The largest absolute Gasteiger partial charge is 0.477 e. The third kappa shape index (κ3) is 5.18. The van der Waals surface area contributed by atoms with Crippen molar-refractivity contribution in [1.29, 1.82) is 0 Å². The Kier molecular flexibility index (Phi) is 6.41. The zero-order valence-corrected chi connectivity index (χ0v) is 15.6. The van der Waals surface area contributed by atoms with Crippen LogP contribution in [0.2, 0.25) is 0 Å². The Bertz CT molecular complexity index is 917. The van der Waals surface area contributed by atoms with Crippen molar-refractivity contribution in [3.63, 3.8) is 0 Å². The zero-order chi connectivity index (χ0) is 19.9. The van der Waals surface area contributed by atoms with Crippen LogP contribution in [0.4, 0.5) is 0 Å². The highest BCUT2D eigenvalue weighted by molar-refractivity contribution is 5.76. The van der Waals surface area contributed by atoms with Gasteiger partial charge in [-0.25, -0.2) is 14.8 Å². The standard InChI is InChI=1S/C18H23N5O5/c1-27-16-17(20-9-8-19-16)28-13-4-2-12(3-5-13)21-14(24)6-10-23-11-7-15(25)22-18(23)26/h7-9,11-13H,2-6,10H2,1H3,(H,21,24)(H,22,25,26). The topological polar surface area (TPSA) is 128 Å². The number of methoxy groups -OCH3 is 1. The molecule has 2 aromatic heterocycles. The van der Waals surface area contributed by atoms with Crippen LogP contribution in [0.15, 0.2) is 34.2 Å². The van der Waals surface area contributed by atoms with Gasteiger partial charge in [0.2, 0.25) is 5.91 Å². The Morgan fingerprint density at radius 3 is 2.61 bits per heavy atom. The van der Waals surface area contributed by atoms with Gasteiger partial charge in [-0.2, -0.15) is 0 Å². The van der Waals surface area contributed by atoms with Gasteiger partial charge in [-0.1, -0.05) is 0 Å². The van der Waals surface area contributed by atoms with E-state index in [0.717, 1.165) is 25.7 Å². The zero-order valence-electron chi connectivity index (χ0n) is 15.6. The summed E-state index contributed by atoms with van der Waals surface area (Å²) in [4.78, 5) is 45.2. The molecule has 0 spiro atoms. The molecule has 1 aliphatic carbocycles. The summed E-state index contributed by atoms with van der Waals surface area (Å²) in [6.07, 6.45) is 7.79. The molecule has 0 bridgehead atoms. The molecule has 1 amide bonds. The van der Waals surface area contributed by atoms with Gasteiger partial charge in [-0.3, -0.25) is 14.6 Å². The maximum Gasteiger partial charge on any atom is 0.328 e. The molecule has 0 aliphatic heterocycles. The van der Waals surface area contributed by atoms with E-state index in [1.807, 2.05) is 0 Å². The van der Waals surface area contributed by atoms with Crippen LogP contribution in [0.5, 0.6) is 11.8 Å². The van der Waals surface area contributed by atoms with E-state index in [0.29, 0.717) is 11.8 Å². The number of nitrogens with one attached hydrogen (secondary N) is 2. The number of aromatic nitrogens is 4. The first-order valence-electron chi connectivity index (χ1n) is 9.16. The second kappa shape index (κ2) is 9.16. The number of amides is 1. The molecule has 10 nitrogen and oxygen atoms in total. The van der Waals surface area contributed by atoms with Gasteiger partial charge >= 0.3 is 5.69 Å². The van der Waals surface area contributed by atoms with Crippen LogP contribution in [-0.4, -0.2) is 44.7 Å². The molecule has 0 unspecified atom stereocenters. The van der Waals surface area contributed by atoms with Gasteiger partial charge in [0, 0.05) is 43.7 Å². The SMILES string of the molecule is COc1nccnc1OC1CCC(NC(=O)CCn2ccc(=O)[nH]c2=O)CC1. The van der Waals surface area contributed by atoms with Gasteiger partial charge in [0.25, 0.3) is 17.3 Å². The van der Waals surface area contributed by atoms with E-state index < -0.39 is 11.2 Å². The van der Waals surface area contributed by atoms with Gasteiger partial charge < -0.3 is 19.4 Å². The normalized spacial score (nSPS) is 19.0. The average molecular weight is 389 g/mol. The Hall–Kier alpha value is -3.17. The first-order valence-corrected chi connectivity index (χ1v) is 9.16. The highest BCUT2D eigenvalue weighted by Gasteiger charge is 2.25. The van der Waals surface area contributed by atoms with Gasteiger partial charge in [-0.05, 0) is 25.7 Å². The minimum atomic E-state index is -0.516. The van der Waals surface area contributed by atoms with Crippen LogP contribution >= 0.6 is 0 Å². The van der Waals surface area contributed by atoms with Crippen molar-refractivity contribution in [2.45, 2.75) is 50.8 Å². The van der Waals surface area contributed by atoms with Crippen LogP contribution in [0, 0.1) is 0 Å². The predicted molar refractivity (Wildman–Crippen MR) is 99.3 cm³/mol. The molecule has 2 N–H and O–H groups in total. The van der Waals surface area contributed by atoms with Crippen molar-refractivity contribution in [3.8, 4) is 11.8 Å². The fourth-order valence-corrected chi connectivity index (χ4v) is 3.16. The predicted octanol–water partition coefficient (Wildman–Crippen LogP) is 0.232. The average Bonchev–Trinajstić information content (AvgIpc) is 2.69. The molecule has 2 heterocycles. The first-order chi connectivity index (χ1) is 13.5. The summed E-state index contributed by atoms with van der Waals surface area (Å²) in [5, 5.41) is 2.99. The van der Waals surface area contributed by atoms with Crippen molar-refractivity contribution in [2.75, 3.05) is 7.11 Å². The number of hydrogen-bond acceptors (Lipinski definition) is 7. The minimum Gasteiger partial charge on any atom is -0.477 e. The Morgan fingerprint density at radius 1 is 1.21 bits per heavy atom. The summed E-state index contributed by atoms with van der Waals surface area (Å²) >= 11 is 0. The minimum absolute atomic E-state index is 0.00141. The number of aryl methyl sites for hydroxylation is 1. The molecule has 1 aliphatic rings. The number of ether oxygens (including phenoxy) is 2. The molecule has 150 valence electrons. The summed E-state index contributed by atoms with van der Waals surface area (Å²) < 4.78 is 12.3. The molecule has 28 heavy (non-hydrogen) atoms. The van der Waals surface area contributed by atoms with Crippen LogP contribution in [0.3, 0.4) is 0 Å². The van der Waals surface area contributed by atoms with Gasteiger partial charge in [0.15, 0.2) is 0 Å². The third-order valence-corrected chi connectivity index (χ3v) is 4.62. The summed E-state index contributed by atoms with van der Waals surface area (Å²) in [5.74, 6) is 0.609. The third-order valence-electron chi connectivity index (χ3n) is 4.62. The lowest BCUT2D eigenvalue weighted by atomic mass is 9.93. The Morgan fingerprint density at radius 2 is 1.93 bits per heavy atom. The van der Waals surface area contributed by atoms with E-state index in [4.69, 9.17) is 9.47 Å². The quantitative estimate of drug-likeness (QED) is 0.694. The van der Waals surface area contributed by atoms with Crippen LogP contribution in [-0.2, 0) is 11.3 Å². The number of rotatable bonds is 7. The number of carbonyl (C=O) groups excluding carboxylic acids is 1. The van der Waals surface area contributed by atoms with E-state index in [1.165, 1.54) is 23.9 Å². The van der Waals surface area contributed by atoms with Gasteiger partial charge in [0.05, 0.1) is 7.11 Å². The van der Waals surface area contributed by atoms with E-state index in [-0.39, 0.29) is 31.0 Å². The van der Waals surface area contributed by atoms with Gasteiger partial charge in [-0.15, -0.1) is 0 Å². The lowest BCUT2D eigenvalue weighted by Crippen LogP contribution is -2.40. The number of hydrogen-bond donors (Lipinski definition) is 2. The Balaban J connectivity index is 1.43. The summed E-state index contributed by atoms with van der Waals surface area (Å²) in [6.45, 7) is 0.215. The van der Waals surface area contributed by atoms with E-state index in [2.05, 4.69) is 20.3 Å². The summed E-state index contributed by atoms with van der Waals surface area (Å²) in [7, 11) is 1.52. The maximum absolute atomic E-state index is 12.2. The number of H-pyrrole nitrogens is 1. The van der Waals surface area contributed by atoms with E-state index >= 15 is 0 Å². The van der Waals surface area contributed by atoms with Crippen molar-refractivity contribution >= 4 is 5.91 Å². The molecular weight excluding hydrogens is 366 g/mol. The molecular formula is C18H23N5O5. The molecule has 2 aromatic rings. The van der Waals surface area contributed by atoms with Crippen LogP contribution in [0.25, 0.3) is 0 Å². The fourth-order valence-electron chi connectivity index (χ4n) is 3.16. The highest BCUT2D eigenvalue weighted by atomic mass is 16.5. The number of carbonyl (C=O) groups is 1. The number of aromatic amines is 1. The molecule has 1 fully saturated rings. The van der Waals surface area contributed by atoms with Crippen LogP contribution < -0.4 is 26.0 Å². The van der Waals surface area contributed by atoms with Crippen LogP contribution in [0.1, 0.15) is 32.1 Å². The van der Waals surface area contributed by atoms with Crippen molar-refractivity contribution in [2.24, 2.45) is 0 Å².